The van der Waals surface area contributed by atoms with Gasteiger partial charge in [0, 0.05) is 25.2 Å². The first-order valence-electron chi connectivity index (χ1n) is 4.82. The van der Waals surface area contributed by atoms with Crippen LogP contribution in [0, 0.1) is 0 Å². The standard InChI is InChI=1S/C9H14N4O/c10-3-4-13(7-1-2-7)8-5-9(14)12-6-11-8/h5-7H,1-4,10H2,(H,11,12,14). The number of anilines is 1. The molecule has 76 valence electrons. The van der Waals surface area contributed by atoms with E-state index in [2.05, 4.69) is 14.9 Å². The van der Waals surface area contributed by atoms with E-state index < -0.39 is 0 Å². The molecule has 0 amide bonds. The maximum absolute atomic E-state index is 11.1. The highest BCUT2D eigenvalue weighted by atomic mass is 16.1. The van der Waals surface area contributed by atoms with E-state index in [1.54, 1.807) is 0 Å². The van der Waals surface area contributed by atoms with Gasteiger partial charge in [-0.2, -0.15) is 0 Å². The molecule has 1 heterocycles. The first kappa shape index (κ1) is 9.21. The highest BCUT2D eigenvalue weighted by molar-refractivity contribution is 5.39. The van der Waals surface area contributed by atoms with E-state index in [4.69, 9.17) is 5.73 Å². The van der Waals surface area contributed by atoms with Crippen molar-refractivity contribution in [2.24, 2.45) is 5.73 Å². The van der Waals surface area contributed by atoms with E-state index in [-0.39, 0.29) is 5.56 Å². The molecule has 0 spiro atoms. The molecule has 1 aromatic rings. The molecule has 0 radical (unpaired) electrons. The van der Waals surface area contributed by atoms with Crippen molar-refractivity contribution < 1.29 is 0 Å². The molecule has 5 nitrogen and oxygen atoms in total. The summed E-state index contributed by atoms with van der Waals surface area (Å²) in [6.07, 6.45) is 3.78. The Labute approximate surface area is 82.0 Å². The molecule has 1 aliphatic carbocycles. The summed E-state index contributed by atoms with van der Waals surface area (Å²) in [5, 5.41) is 0. The molecule has 1 aliphatic rings. The van der Waals surface area contributed by atoms with E-state index in [9.17, 15) is 4.79 Å². The lowest BCUT2D eigenvalue weighted by Crippen LogP contribution is -2.32. The normalized spacial score (nSPS) is 15.5. The summed E-state index contributed by atoms with van der Waals surface area (Å²) in [5.41, 5.74) is 5.40. The van der Waals surface area contributed by atoms with Crippen LogP contribution in [0.4, 0.5) is 5.82 Å². The molecular weight excluding hydrogens is 180 g/mol. The SMILES string of the molecule is NCCN(c1cc(=O)[nH]cn1)C1CC1. The van der Waals surface area contributed by atoms with Gasteiger partial charge in [0.05, 0.1) is 6.33 Å². The number of nitrogens with two attached hydrogens (primary N) is 1. The molecule has 14 heavy (non-hydrogen) atoms. The lowest BCUT2D eigenvalue weighted by molar-refractivity contribution is 0.767. The Morgan fingerprint density at radius 1 is 1.64 bits per heavy atom. The zero-order valence-corrected chi connectivity index (χ0v) is 7.94. The average molecular weight is 194 g/mol. The summed E-state index contributed by atoms with van der Waals surface area (Å²) in [6, 6.07) is 2.06. The Morgan fingerprint density at radius 2 is 2.43 bits per heavy atom. The molecule has 0 aliphatic heterocycles. The van der Waals surface area contributed by atoms with Crippen molar-refractivity contribution >= 4 is 5.82 Å². The number of hydrogen-bond donors (Lipinski definition) is 2. The van der Waals surface area contributed by atoms with Crippen LogP contribution in [0.15, 0.2) is 17.2 Å². The maximum Gasteiger partial charge on any atom is 0.252 e. The first-order valence-corrected chi connectivity index (χ1v) is 4.82. The molecule has 1 saturated carbocycles. The van der Waals surface area contributed by atoms with Crippen LogP contribution in [0.25, 0.3) is 0 Å². The van der Waals surface area contributed by atoms with Crippen molar-refractivity contribution in [1.82, 2.24) is 9.97 Å². The molecule has 0 unspecified atom stereocenters. The van der Waals surface area contributed by atoms with Crippen molar-refractivity contribution in [3.63, 3.8) is 0 Å². The Morgan fingerprint density at radius 3 is 3.00 bits per heavy atom. The van der Waals surface area contributed by atoms with Crippen LogP contribution in [-0.4, -0.2) is 29.1 Å². The van der Waals surface area contributed by atoms with Gasteiger partial charge in [0.25, 0.3) is 5.56 Å². The van der Waals surface area contributed by atoms with Crippen LogP contribution in [0.2, 0.25) is 0 Å². The predicted molar refractivity (Wildman–Crippen MR) is 54.3 cm³/mol. The van der Waals surface area contributed by atoms with Crippen molar-refractivity contribution in [3.05, 3.63) is 22.7 Å². The van der Waals surface area contributed by atoms with Crippen LogP contribution < -0.4 is 16.2 Å². The number of aromatic amines is 1. The van der Waals surface area contributed by atoms with Gasteiger partial charge >= 0.3 is 0 Å². The van der Waals surface area contributed by atoms with Gasteiger partial charge in [-0.25, -0.2) is 4.98 Å². The number of H-pyrrole nitrogens is 1. The summed E-state index contributed by atoms with van der Waals surface area (Å²) < 4.78 is 0. The Kier molecular flexibility index (Phi) is 2.49. The minimum Gasteiger partial charge on any atom is -0.352 e. The number of hydrogen-bond acceptors (Lipinski definition) is 4. The van der Waals surface area contributed by atoms with Gasteiger partial charge in [-0.05, 0) is 12.8 Å². The predicted octanol–water partition coefficient (Wildman–Crippen LogP) is -0.303. The largest absolute Gasteiger partial charge is 0.352 e. The third kappa shape index (κ3) is 1.93. The summed E-state index contributed by atoms with van der Waals surface area (Å²) in [6.45, 7) is 1.35. The molecule has 3 N–H and O–H groups in total. The highest BCUT2D eigenvalue weighted by Crippen LogP contribution is 2.29. The van der Waals surface area contributed by atoms with Crippen molar-refractivity contribution in [3.8, 4) is 0 Å². The first-order chi connectivity index (χ1) is 6.81. The molecule has 1 fully saturated rings. The van der Waals surface area contributed by atoms with Crippen molar-refractivity contribution in [2.45, 2.75) is 18.9 Å². The molecule has 0 saturated heterocycles. The molecular formula is C9H14N4O. The monoisotopic (exact) mass is 194 g/mol. The molecule has 5 heteroatoms. The Hall–Kier alpha value is -1.36. The number of nitrogens with one attached hydrogen (secondary N) is 1. The zero-order valence-electron chi connectivity index (χ0n) is 7.94. The third-order valence-electron chi connectivity index (χ3n) is 2.32. The lowest BCUT2D eigenvalue weighted by atomic mass is 10.4. The summed E-state index contributed by atoms with van der Waals surface area (Å²) in [4.78, 5) is 19.8. The second-order valence-corrected chi connectivity index (χ2v) is 3.48. The smallest absolute Gasteiger partial charge is 0.252 e. The van der Waals surface area contributed by atoms with Gasteiger partial charge in [0.15, 0.2) is 0 Å². The van der Waals surface area contributed by atoms with Gasteiger partial charge in [0.1, 0.15) is 5.82 Å². The average Bonchev–Trinajstić information content (AvgIpc) is 2.97. The molecule has 0 atom stereocenters. The van der Waals surface area contributed by atoms with E-state index in [0.717, 1.165) is 12.4 Å². The van der Waals surface area contributed by atoms with E-state index in [1.165, 1.54) is 25.2 Å². The number of nitrogens with zero attached hydrogens (tertiary/aromatic N) is 2. The van der Waals surface area contributed by atoms with Crippen LogP contribution in [0.3, 0.4) is 0 Å². The van der Waals surface area contributed by atoms with Crippen LogP contribution in [0.5, 0.6) is 0 Å². The van der Waals surface area contributed by atoms with Gasteiger partial charge < -0.3 is 15.6 Å². The molecule has 0 bridgehead atoms. The van der Waals surface area contributed by atoms with E-state index in [0.29, 0.717) is 12.6 Å². The quantitative estimate of drug-likeness (QED) is 0.690. The van der Waals surface area contributed by atoms with Crippen LogP contribution in [0.1, 0.15) is 12.8 Å². The summed E-state index contributed by atoms with van der Waals surface area (Å²) in [5.74, 6) is 0.738. The fraction of sp³-hybridized carbons (Fsp3) is 0.556. The maximum atomic E-state index is 11.1. The number of rotatable bonds is 4. The van der Waals surface area contributed by atoms with E-state index >= 15 is 0 Å². The highest BCUT2D eigenvalue weighted by Gasteiger charge is 2.29. The van der Waals surface area contributed by atoms with Crippen LogP contribution >= 0.6 is 0 Å². The van der Waals surface area contributed by atoms with Gasteiger partial charge in [-0.3, -0.25) is 4.79 Å². The fourth-order valence-corrected chi connectivity index (χ4v) is 1.52. The molecule has 1 aromatic heterocycles. The Bertz CT molecular complexity index is 358. The van der Waals surface area contributed by atoms with Crippen LogP contribution in [-0.2, 0) is 0 Å². The summed E-state index contributed by atoms with van der Waals surface area (Å²) >= 11 is 0. The van der Waals surface area contributed by atoms with Gasteiger partial charge in [-0.1, -0.05) is 0 Å². The number of aromatic nitrogens is 2. The molecule has 0 aromatic carbocycles. The third-order valence-corrected chi connectivity index (χ3v) is 2.32. The van der Waals surface area contributed by atoms with Gasteiger partial charge in [0.2, 0.25) is 0 Å². The fourth-order valence-electron chi connectivity index (χ4n) is 1.52. The zero-order chi connectivity index (χ0) is 9.97. The summed E-state index contributed by atoms with van der Waals surface area (Å²) in [7, 11) is 0. The van der Waals surface area contributed by atoms with Gasteiger partial charge in [-0.15, -0.1) is 0 Å². The second kappa shape index (κ2) is 3.79. The Balaban J connectivity index is 2.20. The molecule has 2 rings (SSSR count). The van der Waals surface area contributed by atoms with E-state index in [1.807, 2.05) is 0 Å². The van der Waals surface area contributed by atoms with Crippen molar-refractivity contribution in [2.75, 3.05) is 18.0 Å². The second-order valence-electron chi connectivity index (χ2n) is 3.48. The topological polar surface area (TPSA) is 75.0 Å². The minimum atomic E-state index is -0.113. The lowest BCUT2D eigenvalue weighted by Gasteiger charge is -2.21. The minimum absolute atomic E-state index is 0.113. The van der Waals surface area contributed by atoms with Crippen molar-refractivity contribution in [1.29, 1.82) is 0 Å².